The highest BCUT2D eigenvalue weighted by atomic mass is 19.1. The van der Waals surface area contributed by atoms with Gasteiger partial charge in [0.05, 0.1) is 23.2 Å². The average molecular weight is 505 g/mol. The molecule has 190 valence electrons. The van der Waals surface area contributed by atoms with Crippen LogP contribution in [-0.4, -0.2) is 40.4 Å². The lowest BCUT2D eigenvalue weighted by molar-refractivity contribution is -0.135. The van der Waals surface area contributed by atoms with Crippen LogP contribution in [0.4, 0.5) is 10.1 Å². The molecule has 37 heavy (non-hydrogen) atoms. The Labute approximate surface area is 213 Å². The Kier molecular flexibility index (Phi) is 7.14. The summed E-state index contributed by atoms with van der Waals surface area (Å²) in [5, 5.41) is 30.4. The van der Waals surface area contributed by atoms with Gasteiger partial charge in [0.15, 0.2) is 0 Å². The summed E-state index contributed by atoms with van der Waals surface area (Å²) in [6.45, 7) is 2.65. The van der Waals surface area contributed by atoms with Gasteiger partial charge in [-0.2, -0.15) is 5.26 Å². The van der Waals surface area contributed by atoms with E-state index in [0.29, 0.717) is 16.9 Å². The molecule has 0 amide bonds. The van der Waals surface area contributed by atoms with Crippen molar-refractivity contribution >= 4 is 17.6 Å². The monoisotopic (exact) mass is 504 g/mol. The van der Waals surface area contributed by atoms with E-state index in [1.807, 2.05) is 12.1 Å². The molecule has 0 aromatic heterocycles. The minimum Gasteiger partial charge on any atom is -0.485 e. The van der Waals surface area contributed by atoms with Crippen LogP contribution in [0.2, 0.25) is 0 Å². The number of anilines is 1. The largest absolute Gasteiger partial charge is 0.485 e. The number of carbonyl (C=O) groups is 2. The number of aliphatic carboxylic acids is 1. The molecule has 0 saturated carbocycles. The number of carbonyl (C=O) groups excluding carboxylic acids is 1. The lowest BCUT2D eigenvalue weighted by Crippen LogP contribution is -2.54. The SMILES string of the molecule is CC1(C)Oc2ccc(C#N)cc2C(N(CC(=O)O)c2ccc(F)c(C(=O)OCc3ccccc3)c2)C1O. The van der Waals surface area contributed by atoms with Gasteiger partial charge in [-0.1, -0.05) is 30.3 Å². The molecular weight excluding hydrogens is 479 g/mol. The van der Waals surface area contributed by atoms with Gasteiger partial charge in [0, 0.05) is 11.3 Å². The Morgan fingerprint density at radius 3 is 2.54 bits per heavy atom. The van der Waals surface area contributed by atoms with E-state index in [9.17, 15) is 29.5 Å². The second-order valence-corrected chi connectivity index (χ2v) is 9.21. The summed E-state index contributed by atoms with van der Waals surface area (Å²) < 4.78 is 25.9. The van der Waals surface area contributed by atoms with E-state index >= 15 is 0 Å². The van der Waals surface area contributed by atoms with Crippen molar-refractivity contribution in [2.24, 2.45) is 0 Å². The van der Waals surface area contributed by atoms with Gasteiger partial charge < -0.3 is 24.6 Å². The number of halogens is 1. The Morgan fingerprint density at radius 1 is 1.14 bits per heavy atom. The van der Waals surface area contributed by atoms with Crippen LogP contribution < -0.4 is 9.64 Å². The maximum atomic E-state index is 14.7. The Morgan fingerprint density at radius 2 is 1.86 bits per heavy atom. The Hall–Kier alpha value is -4.42. The zero-order chi connectivity index (χ0) is 26.7. The molecule has 1 aliphatic heterocycles. The summed E-state index contributed by atoms with van der Waals surface area (Å²) >= 11 is 0. The fourth-order valence-electron chi connectivity index (χ4n) is 4.32. The Balaban J connectivity index is 1.75. The molecule has 0 radical (unpaired) electrons. The minimum absolute atomic E-state index is 0.0701. The van der Waals surface area contributed by atoms with E-state index < -0.39 is 42.0 Å². The number of nitriles is 1. The quantitative estimate of drug-likeness (QED) is 0.459. The lowest BCUT2D eigenvalue weighted by Gasteiger charge is -2.46. The smallest absolute Gasteiger partial charge is 0.341 e. The van der Waals surface area contributed by atoms with Crippen molar-refractivity contribution < 1.29 is 33.7 Å². The van der Waals surface area contributed by atoms with Crippen LogP contribution in [0.15, 0.2) is 66.7 Å². The van der Waals surface area contributed by atoms with Crippen LogP contribution in [0.3, 0.4) is 0 Å². The number of carboxylic acid groups (broad SMARTS) is 1. The van der Waals surface area contributed by atoms with Gasteiger partial charge in [-0.25, -0.2) is 9.18 Å². The van der Waals surface area contributed by atoms with Crippen molar-refractivity contribution in [3.8, 4) is 11.8 Å². The van der Waals surface area contributed by atoms with Gasteiger partial charge in [0.1, 0.15) is 36.4 Å². The molecule has 0 fully saturated rings. The normalized spacial score (nSPS) is 17.6. The number of aliphatic hydroxyl groups excluding tert-OH is 1. The number of esters is 1. The fourth-order valence-corrected chi connectivity index (χ4v) is 4.32. The summed E-state index contributed by atoms with van der Waals surface area (Å²) in [4.78, 5) is 26.0. The topological polar surface area (TPSA) is 120 Å². The van der Waals surface area contributed by atoms with Crippen LogP contribution >= 0.6 is 0 Å². The molecule has 8 nitrogen and oxygen atoms in total. The van der Waals surface area contributed by atoms with Crippen LogP contribution in [-0.2, 0) is 16.1 Å². The van der Waals surface area contributed by atoms with E-state index in [2.05, 4.69) is 0 Å². The molecule has 2 N–H and O–H groups in total. The second kappa shape index (κ2) is 10.3. The van der Waals surface area contributed by atoms with Crippen LogP contribution in [0.25, 0.3) is 0 Å². The third-order valence-corrected chi connectivity index (χ3v) is 6.20. The van der Waals surface area contributed by atoms with Gasteiger partial charge in [-0.15, -0.1) is 0 Å². The molecule has 4 rings (SSSR count). The molecule has 9 heteroatoms. The standard InChI is InChI=1S/C28H25FN2O6/c1-28(2)26(34)25(21-12-18(14-30)8-11-23(21)37-28)31(15-24(32)33)19-9-10-22(29)20(13-19)27(35)36-16-17-6-4-3-5-7-17/h3-13,25-26,34H,15-16H2,1-2H3,(H,32,33). The number of aliphatic hydroxyl groups is 1. The summed E-state index contributed by atoms with van der Waals surface area (Å²) in [6.07, 6.45) is -1.24. The fraction of sp³-hybridized carbons (Fsp3) is 0.250. The first kappa shape index (κ1) is 25.7. The number of fused-ring (bicyclic) bond motifs is 1. The van der Waals surface area contributed by atoms with Crippen molar-refractivity contribution in [1.29, 1.82) is 5.26 Å². The van der Waals surface area contributed by atoms with E-state index in [-0.39, 0.29) is 17.9 Å². The van der Waals surface area contributed by atoms with E-state index in [1.165, 1.54) is 23.1 Å². The predicted molar refractivity (Wildman–Crippen MR) is 132 cm³/mol. The first-order valence-electron chi connectivity index (χ1n) is 11.5. The van der Waals surface area contributed by atoms with Crippen molar-refractivity contribution in [2.45, 2.75) is 38.2 Å². The molecule has 3 aromatic rings. The number of ether oxygens (including phenoxy) is 2. The number of carboxylic acids is 1. The van der Waals surface area contributed by atoms with Crippen LogP contribution in [0.5, 0.6) is 5.75 Å². The molecule has 0 saturated heterocycles. The predicted octanol–water partition coefficient (Wildman–Crippen LogP) is 4.22. The molecular formula is C28H25FN2O6. The highest BCUT2D eigenvalue weighted by molar-refractivity contribution is 5.91. The lowest BCUT2D eigenvalue weighted by atomic mass is 9.84. The number of rotatable bonds is 7. The first-order valence-corrected chi connectivity index (χ1v) is 11.5. The first-order chi connectivity index (χ1) is 17.6. The Bertz CT molecular complexity index is 1370. The molecule has 2 atom stereocenters. The molecule has 0 spiro atoms. The molecule has 0 bridgehead atoms. The zero-order valence-electron chi connectivity index (χ0n) is 20.2. The summed E-state index contributed by atoms with van der Waals surface area (Å²) in [7, 11) is 0. The molecule has 1 aliphatic rings. The number of nitrogens with zero attached hydrogens (tertiary/aromatic N) is 2. The zero-order valence-corrected chi connectivity index (χ0v) is 20.2. The van der Waals surface area contributed by atoms with Gasteiger partial charge in [0.25, 0.3) is 0 Å². The van der Waals surface area contributed by atoms with Crippen molar-refractivity contribution in [2.75, 3.05) is 11.4 Å². The van der Waals surface area contributed by atoms with E-state index in [0.717, 1.165) is 11.6 Å². The highest BCUT2D eigenvalue weighted by Gasteiger charge is 2.46. The summed E-state index contributed by atoms with van der Waals surface area (Å²) in [5.41, 5.74) is 0.0714. The molecule has 2 unspecified atom stereocenters. The number of hydrogen-bond acceptors (Lipinski definition) is 7. The van der Waals surface area contributed by atoms with Crippen LogP contribution in [0.1, 0.15) is 46.9 Å². The second-order valence-electron chi connectivity index (χ2n) is 9.21. The highest BCUT2D eigenvalue weighted by Crippen LogP contribution is 2.44. The average Bonchev–Trinajstić information content (AvgIpc) is 2.87. The van der Waals surface area contributed by atoms with Gasteiger partial charge in [-0.05, 0) is 55.8 Å². The third kappa shape index (κ3) is 5.39. The molecule has 3 aromatic carbocycles. The van der Waals surface area contributed by atoms with E-state index in [1.54, 1.807) is 50.2 Å². The molecule has 0 aliphatic carbocycles. The third-order valence-electron chi connectivity index (χ3n) is 6.20. The maximum absolute atomic E-state index is 14.7. The van der Waals surface area contributed by atoms with Crippen molar-refractivity contribution in [1.82, 2.24) is 0 Å². The van der Waals surface area contributed by atoms with E-state index in [4.69, 9.17) is 9.47 Å². The van der Waals surface area contributed by atoms with Crippen molar-refractivity contribution in [3.05, 3.63) is 94.8 Å². The molecule has 1 heterocycles. The summed E-state index contributed by atoms with van der Waals surface area (Å²) in [5.74, 6) is -2.60. The van der Waals surface area contributed by atoms with Crippen molar-refractivity contribution in [3.63, 3.8) is 0 Å². The number of hydrogen-bond donors (Lipinski definition) is 2. The van der Waals surface area contributed by atoms with Crippen LogP contribution in [0, 0.1) is 17.1 Å². The maximum Gasteiger partial charge on any atom is 0.341 e. The minimum atomic E-state index is -1.24. The summed E-state index contributed by atoms with van der Waals surface area (Å²) in [6, 6.07) is 18.2. The van der Waals surface area contributed by atoms with Gasteiger partial charge in [0.2, 0.25) is 0 Å². The van der Waals surface area contributed by atoms with Gasteiger partial charge in [-0.3, -0.25) is 4.79 Å². The van der Waals surface area contributed by atoms with Gasteiger partial charge >= 0.3 is 11.9 Å². The number of benzene rings is 3.